The van der Waals surface area contributed by atoms with Crippen LogP contribution in [-0.2, 0) is 0 Å². The summed E-state index contributed by atoms with van der Waals surface area (Å²) in [5, 5.41) is 12.2. The van der Waals surface area contributed by atoms with Crippen LogP contribution >= 0.6 is 0 Å². The largest absolute Gasteiger partial charge is 0.393 e. The lowest BCUT2D eigenvalue weighted by molar-refractivity contribution is -0.183. The Balaban J connectivity index is 2.21. The minimum Gasteiger partial charge on any atom is -0.393 e. The highest BCUT2D eigenvalue weighted by Gasteiger charge is 2.41. The van der Waals surface area contributed by atoms with E-state index >= 15 is 0 Å². The van der Waals surface area contributed by atoms with E-state index in [1.807, 2.05) is 0 Å². The summed E-state index contributed by atoms with van der Waals surface area (Å²) in [7, 11) is 0. The summed E-state index contributed by atoms with van der Waals surface area (Å²) in [6.45, 7) is 2.42. The molecule has 0 spiro atoms. The predicted octanol–water partition coefficient (Wildman–Crippen LogP) is 2.86. The SMILES string of the molecule is CC(O)CCCNC1CCCC(C(F)(F)F)C1. The third-order valence-corrected chi connectivity index (χ3v) is 3.37. The fourth-order valence-corrected chi connectivity index (χ4v) is 2.38. The highest BCUT2D eigenvalue weighted by Crippen LogP contribution is 2.37. The lowest BCUT2D eigenvalue weighted by Crippen LogP contribution is -2.39. The van der Waals surface area contributed by atoms with E-state index in [1.165, 1.54) is 0 Å². The van der Waals surface area contributed by atoms with Crippen molar-refractivity contribution in [2.45, 2.75) is 63.8 Å². The Kier molecular flexibility index (Phi) is 5.73. The van der Waals surface area contributed by atoms with Crippen LogP contribution in [0.4, 0.5) is 13.2 Å². The molecule has 1 aliphatic rings. The summed E-state index contributed by atoms with van der Waals surface area (Å²) >= 11 is 0. The van der Waals surface area contributed by atoms with Crippen LogP contribution in [0, 0.1) is 5.92 Å². The molecule has 2 N–H and O–H groups in total. The fourth-order valence-electron chi connectivity index (χ4n) is 2.38. The maximum absolute atomic E-state index is 12.5. The van der Waals surface area contributed by atoms with Gasteiger partial charge in [0.1, 0.15) is 0 Å². The van der Waals surface area contributed by atoms with Crippen LogP contribution in [0.15, 0.2) is 0 Å². The summed E-state index contributed by atoms with van der Waals surface area (Å²) in [5.41, 5.74) is 0. The molecule has 2 nitrogen and oxygen atoms in total. The van der Waals surface area contributed by atoms with Crippen LogP contribution in [0.1, 0.15) is 45.4 Å². The van der Waals surface area contributed by atoms with Gasteiger partial charge in [-0.2, -0.15) is 13.2 Å². The Morgan fingerprint density at radius 2 is 2.06 bits per heavy atom. The molecule has 0 aromatic heterocycles. The van der Waals surface area contributed by atoms with Crippen molar-refractivity contribution in [3.8, 4) is 0 Å². The van der Waals surface area contributed by atoms with Crippen molar-refractivity contribution in [3.63, 3.8) is 0 Å². The van der Waals surface area contributed by atoms with E-state index < -0.39 is 12.1 Å². The first-order valence-corrected chi connectivity index (χ1v) is 6.37. The van der Waals surface area contributed by atoms with Crippen molar-refractivity contribution in [2.24, 2.45) is 5.92 Å². The van der Waals surface area contributed by atoms with E-state index in [4.69, 9.17) is 5.11 Å². The van der Waals surface area contributed by atoms with Crippen molar-refractivity contribution < 1.29 is 18.3 Å². The molecular weight excluding hydrogens is 231 g/mol. The van der Waals surface area contributed by atoms with Crippen molar-refractivity contribution in [2.75, 3.05) is 6.54 Å². The molecule has 3 atom stereocenters. The zero-order valence-electron chi connectivity index (χ0n) is 10.3. The predicted molar refractivity (Wildman–Crippen MR) is 60.7 cm³/mol. The quantitative estimate of drug-likeness (QED) is 0.738. The van der Waals surface area contributed by atoms with Crippen molar-refractivity contribution in [3.05, 3.63) is 0 Å². The molecule has 17 heavy (non-hydrogen) atoms. The number of hydrogen-bond donors (Lipinski definition) is 2. The smallest absolute Gasteiger partial charge is 0.391 e. The number of nitrogens with one attached hydrogen (secondary N) is 1. The van der Waals surface area contributed by atoms with E-state index in [2.05, 4.69) is 5.32 Å². The van der Waals surface area contributed by atoms with Gasteiger partial charge in [-0.3, -0.25) is 0 Å². The van der Waals surface area contributed by atoms with Gasteiger partial charge < -0.3 is 10.4 Å². The van der Waals surface area contributed by atoms with Gasteiger partial charge in [0.15, 0.2) is 0 Å². The zero-order valence-corrected chi connectivity index (χ0v) is 10.3. The third-order valence-electron chi connectivity index (χ3n) is 3.37. The fraction of sp³-hybridized carbons (Fsp3) is 1.00. The van der Waals surface area contributed by atoms with Crippen LogP contribution in [0.25, 0.3) is 0 Å². The second-order valence-corrected chi connectivity index (χ2v) is 5.05. The van der Waals surface area contributed by atoms with Crippen LogP contribution in [0.5, 0.6) is 0 Å². The van der Waals surface area contributed by atoms with E-state index in [-0.39, 0.29) is 25.0 Å². The Hall–Kier alpha value is -0.290. The number of aliphatic hydroxyl groups is 1. The van der Waals surface area contributed by atoms with E-state index in [9.17, 15) is 13.2 Å². The van der Waals surface area contributed by atoms with Gasteiger partial charge in [-0.1, -0.05) is 6.42 Å². The Morgan fingerprint density at radius 1 is 1.35 bits per heavy atom. The monoisotopic (exact) mass is 253 g/mol. The first kappa shape index (κ1) is 14.8. The number of alkyl halides is 3. The summed E-state index contributed by atoms with van der Waals surface area (Å²) in [4.78, 5) is 0. The summed E-state index contributed by atoms with van der Waals surface area (Å²) < 4.78 is 37.6. The van der Waals surface area contributed by atoms with Crippen LogP contribution in [0.2, 0.25) is 0 Å². The Morgan fingerprint density at radius 3 is 2.65 bits per heavy atom. The molecule has 102 valence electrons. The minimum absolute atomic E-state index is 0.00984. The lowest BCUT2D eigenvalue weighted by atomic mass is 9.85. The van der Waals surface area contributed by atoms with Gasteiger partial charge >= 0.3 is 6.18 Å². The maximum atomic E-state index is 12.5. The minimum atomic E-state index is -4.04. The average Bonchev–Trinajstić information content (AvgIpc) is 2.23. The molecule has 3 unspecified atom stereocenters. The van der Waals surface area contributed by atoms with Crippen LogP contribution < -0.4 is 5.32 Å². The number of hydrogen-bond acceptors (Lipinski definition) is 2. The van der Waals surface area contributed by atoms with Crippen LogP contribution in [0.3, 0.4) is 0 Å². The van der Waals surface area contributed by atoms with Gasteiger partial charge in [-0.25, -0.2) is 0 Å². The average molecular weight is 253 g/mol. The highest BCUT2D eigenvalue weighted by atomic mass is 19.4. The summed E-state index contributed by atoms with van der Waals surface area (Å²) in [6, 6.07) is -0.00984. The molecule has 0 bridgehead atoms. The molecule has 0 heterocycles. The van der Waals surface area contributed by atoms with Crippen molar-refractivity contribution in [1.82, 2.24) is 5.32 Å². The molecule has 5 heteroatoms. The molecule has 0 aliphatic heterocycles. The molecule has 1 fully saturated rings. The Bertz CT molecular complexity index is 218. The first-order chi connectivity index (χ1) is 7.89. The first-order valence-electron chi connectivity index (χ1n) is 6.37. The molecule has 1 aliphatic carbocycles. The molecule has 0 aromatic rings. The van der Waals surface area contributed by atoms with E-state index in [0.717, 1.165) is 12.8 Å². The van der Waals surface area contributed by atoms with Gasteiger partial charge in [0, 0.05) is 6.04 Å². The number of aliphatic hydroxyl groups excluding tert-OH is 1. The van der Waals surface area contributed by atoms with E-state index in [1.54, 1.807) is 6.92 Å². The molecule has 0 radical (unpaired) electrons. The van der Waals surface area contributed by atoms with Crippen LogP contribution in [-0.4, -0.2) is 30.0 Å². The van der Waals surface area contributed by atoms with E-state index in [0.29, 0.717) is 19.4 Å². The standard InChI is InChI=1S/C12H22F3NO/c1-9(17)4-3-7-16-11-6-2-5-10(8-11)12(13,14)15/h9-11,16-17H,2-8H2,1H3. The second-order valence-electron chi connectivity index (χ2n) is 5.05. The Labute approximate surface area is 101 Å². The molecule has 0 saturated heterocycles. The number of halogens is 3. The number of rotatable bonds is 5. The summed E-state index contributed by atoms with van der Waals surface area (Å²) in [5.74, 6) is -1.13. The van der Waals surface area contributed by atoms with Crippen molar-refractivity contribution in [1.29, 1.82) is 0 Å². The van der Waals surface area contributed by atoms with Gasteiger partial charge in [-0.15, -0.1) is 0 Å². The molecule has 1 saturated carbocycles. The third kappa shape index (κ3) is 5.73. The topological polar surface area (TPSA) is 32.3 Å². The molecule has 0 aromatic carbocycles. The second kappa shape index (κ2) is 6.59. The molecule has 0 amide bonds. The van der Waals surface area contributed by atoms with Gasteiger partial charge in [-0.05, 0) is 45.6 Å². The van der Waals surface area contributed by atoms with Gasteiger partial charge in [0.2, 0.25) is 0 Å². The molecule has 1 rings (SSSR count). The van der Waals surface area contributed by atoms with Gasteiger partial charge in [0.25, 0.3) is 0 Å². The zero-order chi connectivity index (χ0) is 12.9. The molecular formula is C12H22F3NO. The lowest BCUT2D eigenvalue weighted by Gasteiger charge is -2.31. The summed E-state index contributed by atoms with van der Waals surface area (Å²) in [6.07, 6.45) is -0.897. The maximum Gasteiger partial charge on any atom is 0.391 e. The van der Waals surface area contributed by atoms with Crippen molar-refractivity contribution >= 4 is 0 Å². The van der Waals surface area contributed by atoms with Gasteiger partial charge in [0.05, 0.1) is 12.0 Å². The highest BCUT2D eigenvalue weighted by molar-refractivity contribution is 4.81. The normalized spacial score (nSPS) is 28.1.